The molecule has 4 unspecified atom stereocenters. The van der Waals surface area contributed by atoms with Gasteiger partial charge < -0.3 is 10.2 Å². The highest BCUT2D eigenvalue weighted by Crippen LogP contribution is 2.38. The topological polar surface area (TPSA) is 49.4 Å². The Labute approximate surface area is 127 Å². The fourth-order valence-electron chi connectivity index (χ4n) is 4.20. The fourth-order valence-corrected chi connectivity index (χ4v) is 4.20. The Balaban J connectivity index is 1.80. The van der Waals surface area contributed by atoms with Crippen LogP contribution in [0.5, 0.6) is 0 Å². The minimum absolute atomic E-state index is 0.0765. The lowest BCUT2D eigenvalue weighted by atomic mass is 9.82. The molecule has 0 radical (unpaired) electrons. The molecule has 0 aromatic heterocycles. The lowest BCUT2D eigenvalue weighted by Gasteiger charge is -2.45. The maximum atomic E-state index is 12.9. The summed E-state index contributed by atoms with van der Waals surface area (Å²) in [6.07, 6.45) is 8.72. The third kappa shape index (κ3) is 2.82. The summed E-state index contributed by atoms with van der Waals surface area (Å²) >= 11 is 0. The number of hydrogen-bond donors (Lipinski definition) is 1. The molecule has 1 N–H and O–H groups in total. The molecule has 118 valence electrons. The molecule has 4 heteroatoms. The van der Waals surface area contributed by atoms with Crippen molar-refractivity contribution in [2.75, 3.05) is 0 Å². The Hall–Kier alpha value is -1.06. The first kappa shape index (κ1) is 14.9. The summed E-state index contributed by atoms with van der Waals surface area (Å²) in [4.78, 5) is 27.3. The molecule has 1 aliphatic heterocycles. The second-order valence-electron chi connectivity index (χ2n) is 7.09. The largest absolute Gasteiger partial charge is 0.342 e. The number of carbonyl (C=O) groups is 2. The monoisotopic (exact) mass is 292 g/mol. The first-order valence-electron chi connectivity index (χ1n) is 8.78. The van der Waals surface area contributed by atoms with E-state index in [1.807, 2.05) is 11.8 Å². The predicted molar refractivity (Wildman–Crippen MR) is 81.6 cm³/mol. The van der Waals surface area contributed by atoms with Crippen molar-refractivity contribution in [2.24, 2.45) is 11.8 Å². The van der Waals surface area contributed by atoms with Crippen molar-refractivity contribution < 1.29 is 9.59 Å². The third-order valence-electron chi connectivity index (χ3n) is 5.66. The van der Waals surface area contributed by atoms with Crippen molar-refractivity contribution in [2.45, 2.75) is 83.3 Å². The van der Waals surface area contributed by atoms with Crippen LogP contribution in [0.3, 0.4) is 0 Å². The lowest BCUT2D eigenvalue weighted by Crippen LogP contribution is -2.66. The average molecular weight is 292 g/mol. The van der Waals surface area contributed by atoms with Gasteiger partial charge >= 0.3 is 0 Å². The van der Waals surface area contributed by atoms with E-state index in [1.54, 1.807) is 0 Å². The minimum atomic E-state index is -0.242. The molecule has 1 saturated heterocycles. The van der Waals surface area contributed by atoms with Crippen LogP contribution in [0.15, 0.2) is 0 Å². The molecule has 2 aliphatic carbocycles. The van der Waals surface area contributed by atoms with Crippen molar-refractivity contribution in [1.29, 1.82) is 0 Å². The molecule has 0 aromatic rings. The number of nitrogens with one attached hydrogen (secondary N) is 1. The van der Waals surface area contributed by atoms with Gasteiger partial charge in [-0.3, -0.25) is 9.59 Å². The van der Waals surface area contributed by atoms with Crippen LogP contribution >= 0.6 is 0 Å². The molecule has 1 heterocycles. The Bertz CT molecular complexity index is 419. The molecular formula is C17H28N2O2. The second kappa shape index (κ2) is 5.98. The van der Waals surface area contributed by atoms with Crippen molar-refractivity contribution >= 4 is 11.8 Å². The van der Waals surface area contributed by atoms with E-state index in [4.69, 9.17) is 0 Å². The van der Waals surface area contributed by atoms with E-state index in [0.717, 1.165) is 38.0 Å². The molecule has 2 saturated carbocycles. The van der Waals surface area contributed by atoms with Gasteiger partial charge in [-0.2, -0.15) is 0 Å². The Morgan fingerprint density at radius 1 is 1.10 bits per heavy atom. The van der Waals surface area contributed by atoms with Gasteiger partial charge in [0.1, 0.15) is 12.1 Å². The summed E-state index contributed by atoms with van der Waals surface area (Å²) in [5.74, 6) is 1.39. The maximum absolute atomic E-state index is 12.9. The van der Waals surface area contributed by atoms with Gasteiger partial charge in [0, 0.05) is 6.04 Å². The van der Waals surface area contributed by atoms with Crippen LogP contribution in [-0.4, -0.2) is 34.8 Å². The average Bonchev–Trinajstić information content (AvgIpc) is 3.33. The first-order chi connectivity index (χ1) is 10.2. The number of nitrogens with zero attached hydrogens (tertiary/aromatic N) is 1. The normalized spacial score (nSPS) is 37.5. The van der Waals surface area contributed by atoms with Gasteiger partial charge in [-0.15, -0.1) is 0 Å². The summed E-state index contributed by atoms with van der Waals surface area (Å²) < 4.78 is 0. The van der Waals surface area contributed by atoms with Gasteiger partial charge in [0.25, 0.3) is 0 Å². The predicted octanol–water partition coefficient (Wildman–Crippen LogP) is 2.47. The number of hydrogen-bond acceptors (Lipinski definition) is 2. The van der Waals surface area contributed by atoms with E-state index < -0.39 is 0 Å². The summed E-state index contributed by atoms with van der Waals surface area (Å²) in [5.41, 5.74) is 0. The molecule has 3 aliphatic rings. The smallest absolute Gasteiger partial charge is 0.246 e. The number of rotatable bonds is 4. The molecule has 4 nitrogen and oxygen atoms in total. The van der Waals surface area contributed by atoms with E-state index in [-0.39, 0.29) is 29.9 Å². The standard InChI is InChI=1S/C17H28N2O2/c1-3-11-6-5-7-13(10-11)19-14(4-2)16(20)18-15(17(19)21)12-8-9-12/h11-15H,3-10H2,1-2H3,(H,18,20). The molecular weight excluding hydrogens is 264 g/mol. The molecule has 0 aromatic carbocycles. The van der Waals surface area contributed by atoms with Gasteiger partial charge in [0.05, 0.1) is 0 Å². The highest BCUT2D eigenvalue weighted by molar-refractivity contribution is 5.97. The quantitative estimate of drug-likeness (QED) is 0.865. The molecule has 4 atom stereocenters. The van der Waals surface area contributed by atoms with Gasteiger partial charge in [-0.25, -0.2) is 0 Å². The molecule has 2 amide bonds. The molecule has 21 heavy (non-hydrogen) atoms. The third-order valence-corrected chi connectivity index (χ3v) is 5.66. The van der Waals surface area contributed by atoms with E-state index >= 15 is 0 Å². The summed E-state index contributed by atoms with van der Waals surface area (Å²) in [6.45, 7) is 4.25. The Morgan fingerprint density at radius 2 is 1.86 bits per heavy atom. The summed E-state index contributed by atoms with van der Waals surface area (Å²) in [6, 6.07) is -0.191. The maximum Gasteiger partial charge on any atom is 0.246 e. The second-order valence-corrected chi connectivity index (χ2v) is 7.09. The zero-order valence-electron chi connectivity index (χ0n) is 13.3. The number of carbonyl (C=O) groups excluding carboxylic acids is 2. The van der Waals surface area contributed by atoms with Crippen molar-refractivity contribution in [3.05, 3.63) is 0 Å². The van der Waals surface area contributed by atoms with Gasteiger partial charge in [-0.1, -0.05) is 33.1 Å². The van der Waals surface area contributed by atoms with E-state index in [1.165, 1.54) is 19.3 Å². The van der Waals surface area contributed by atoms with Gasteiger partial charge in [-0.05, 0) is 43.9 Å². The van der Waals surface area contributed by atoms with E-state index in [9.17, 15) is 9.59 Å². The van der Waals surface area contributed by atoms with Crippen molar-refractivity contribution in [3.63, 3.8) is 0 Å². The molecule has 0 bridgehead atoms. The van der Waals surface area contributed by atoms with E-state index in [0.29, 0.717) is 5.92 Å². The van der Waals surface area contributed by atoms with Crippen molar-refractivity contribution in [1.82, 2.24) is 10.2 Å². The van der Waals surface area contributed by atoms with E-state index in [2.05, 4.69) is 12.2 Å². The number of amides is 2. The SMILES string of the molecule is CCC1CCCC(N2C(=O)C(C3CC3)NC(=O)C2CC)C1. The highest BCUT2D eigenvalue weighted by Gasteiger charge is 2.48. The van der Waals surface area contributed by atoms with Gasteiger partial charge in [0.2, 0.25) is 11.8 Å². The van der Waals surface area contributed by atoms with Crippen molar-refractivity contribution in [3.8, 4) is 0 Å². The van der Waals surface area contributed by atoms with Crippen LogP contribution in [0.1, 0.15) is 65.2 Å². The first-order valence-corrected chi connectivity index (χ1v) is 8.78. The zero-order valence-corrected chi connectivity index (χ0v) is 13.3. The van der Waals surface area contributed by atoms with Crippen LogP contribution < -0.4 is 5.32 Å². The zero-order chi connectivity index (χ0) is 15.0. The molecule has 3 rings (SSSR count). The van der Waals surface area contributed by atoms with Gasteiger partial charge in [0.15, 0.2) is 0 Å². The van der Waals surface area contributed by atoms with Crippen LogP contribution in [0.25, 0.3) is 0 Å². The van der Waals surface area contributed by atoms with Crippen LogP contribution in [0.2, 0.25) is 0 Å². The molecule has 3 fully saturated rings. The minimum Gasteiger partial charge on any atom is -0.342 e. The summed E-state index contributed by atoms with van der Waals surface area (Å²) in [5, 5.41) is 2.99. The Kier molecular flexibility index (Phi) is 4.23. The van der Waals surface area contributed by atoms with Crippen LogP contribution in [0, 0.1) is 11.8 Å². The Morgan fingerprint density at radius 3 is 2.48 bits per heavy atom. The van der Waals surface area contributed by atoms with Crippen LogP contribution in [0.4, 0.5) is 0 Å². The lowest BCUT2D eigenvalue weighted by molar-refractivity contribution is -0.154. The molecule has 0 spiro atoms. The fraction of sp³-hybridized carbons (Fsp3) is 0.882. The number of piperazine rings is 1. The van der Waals surface area contributed by atoms with Crippen LogP contribution in [-0.2, 0) is 9.59 Å². The highest BCUT2D eigenvalue weighted by atomic mass is 16.2. The summed E-state index contributed by atoms with van der Waals surface area (Å²) in [7, 11) is 0.